The van der Waals surface area contributed by atoms with Crippen molar-refractivity contribution in [3.63, 3.8) is 0 Å². The van der Waals surface area contributed by atoms with Gasteiger partial charge in [-0.1, -0.05) is 32.6 Å². The number of para-hydroxylation sites is 1. The van der Waals surface area contributed by atoms with Crippen LogP contribution in [0.25, 0.3) is 0 Å². The number of hydrogen-bond acceptors (Lipinski definition) is 5. The number of ether oxygens (including phenoxy) is 2. The highest BCUT2D eigenvalue weighted by atomic mass is 19.1. The number of nitrogens with one attached hydrogen (secondary N) is 2. The molecule has 8 heteroatoms. The predicted octanol–water partition coefficient (Wildman–Crippen LogP) is 3.30. The molecule has 164 valence electrons. The third-order valence-electron chi connectivity index (χ3n) is 4.30. The van der Waals surface area contributed by atoms with Crippen molar-refractivity contribution in [2.75, 3.05) is 13.7 Å². The molecule has 0 saturated carbocycles. The molecule has 31 heavy (non-hydrogen) atoms. The van der Waals surface area contributed by atoms with Crippen LogP contribution in [-0.2, 0) is 4.79 Å². The summed E-state index contributed by atoms with van der Waals surface area (Å²) >= 11 is 0. The van der Waals surface area contributed by atoms with Crippen LogP contribution in [0.4, 0.5) is 4.39 Å². The van der Waals surface area contributed by atoms with Crippen LogP contribution in [0.5, 0.6) is 11.5 Å². The fraction of sp³-hybridized carbons (Fsp3) is 0.261. The smallest absolute Gasteiger partial charge is 0.262 e. The van der Waals surface area contributed by atoms with Gasteiger partial charge in [-0.05, 0) is 42.3 Å². The Hall–Kier alpha value is -3.68. The Kier molecular flexibility index (Phi) is 8.75. The number of carbonyl (C=O) groups is 2. The third-order valence-corrected chi connectivity index (χ3v) is 4.30. The topological polar surface area (TPSA) is 89.0 Å². The van der Waals surface area contributed by atoms with E-state index in [1.54, 1.807) is 38.1 Å². The van der Waals surface area contributed by atoms with Gasteiger partial charge >= 0.3 is 0 Å². The van der Waals surface area contributed by atoms with Crippen molar-refractivity contribution in [1.29, 1.82) is 0 Å². The first kappa shape index (κ1) is 23.6. The molecule has 1 atom stereocenters. The van der Waals surface area contributed by atoms with E-state index in [2.05, 4.69) is 22.4 Å². The van der Waals surface area contributed by atoms with Gasteiger partial charge in [0.05, 0.1) is 13.3 Å². The zero-order valence-electron chi connectivity index (χ0n) is 17.7. The summed E-state index contributed by atoms with van der Waals surface area (Å²) in [7, 11) is 1.52. The highest BCUT2D eigenvalue weighted by Gasteiger charge is 2.24. The van der Waals surface area contributed by atoms with Crippen molar-refractivity contribution < 1.29 is 23.5 Å². The summed E-state index contributed by atoms with van der Waals surface area (Å²) < 4.78 is 24.0. The van der Waals surface area contributed by atoms with Crippen LogP contribution in [0.2, 0.25) is 0 Å². The van der Waals surface area contributed by atoms with Gasteiger partial charge in [0.2, 0.25) is 0 Å². The number of amides is 2. The van der Waals surface area contributed by atoms with Gasteiger partial charge in [-0.25, -0.2) is 9.82 Å². The lowest BCUT2D eigenvalue weighted by molar-refractivity contribution is -0.123. The number of nitrogens with zero attached hydrogens (tertiary/aromatic N) is 1. The Morgan fingerprint density at radius 1 is 1.19 bits per heavy atom. The van der Waals surface area contributed by atoms with Gasteiger partial charge in [-0.15, -0.1) is 0 Å². The third kappa shape index (κ3) is 6.67. The molecule has 2 aromatic carbocycles. The van der Waals surface area contributed by atoms with Crippen molar-refractivity contribution in [2.45, 2.75) is 19.9 Å². The van der Waals surface area contributed by atoms with Gasteiger partial charge in [0.1, 0.15) is 18.5 Å². The maximum absolute atomic E-state index is 13.1. The molecule has 2 rings (SSSR count). The first-order valence-corrected chi connectivity index (χ1v) is 9.67. The minimum absolute atomic E-state index is 0.206. The van der Waals surface area contributed by atoms with Gasteiger partial charge in [0, 0.05) is 11.1 Å². The van der Waals surface area contributed by atoms with Crippen LogP contribution in [0.1, 0.15) is 29.8 Å². The van der Waals surface area contributed by atoms with E-state index in [-0.39, 0.29) is 18.1 Å². The van der Waals surface area contributed by atoms with Gasteiger partial charge < -0.3 is 14.8 Å². The Morgan fingerprint density at radius 2 is 1.90 bits per heavy atom. The van der Waals surface area contributed by atoms with Crippen molar-refractivity contribution in [2.24, 2.45) is 11.0 Å². The number of benzene rings is 2. The van der Waals surface area contributed by atoms with Crippen LogP contribution < -0.4 is 20.2 Å². The Morgan fingerprint density at radius 3 is 2.52 bits per heavy atom. The predicted molar refractivity (Wildman–Crippen MR) is 117 cm³/mol. The van der Waals surface area contributed by atoms with E-state index >= 15 is 0 Å². The Balaban J connectivity index is 2.09. The van der Waals surface area contributed by atoms with Crippen molar-refractivity contribution >= 4 is 18.0 Å². The van der Waals surface area contributed by atoms with E-state index in [1.807, 2.05) is 0 Å². The van der Waals surface area contributed by atoms with E-state index in [4.69, 9.17) is 9.47 Å². The highest BCUT2D eigenvalue weighted by Crippen LogP contribution is 2.30. The lowest BCUT2D eigenvalue weighted by Gasteiger charge is -2.20. The van der Waals surface area contributed by atoms with Gasteiger partial charge in [-0.2, -0.15) is 5.10 Å². The summed E-state index contributed by atoms with van der Waals surface area (Å²) in [5.74, 6) is -0.638. The van der Waals surface area contributed by atoms with E-state index in [1.165, 1.54) is 37.6 Å². The Bertz CT molecular complexity index is 942. The van der Waals surface area contributed by atoms with Crippen LogP contribution in [0.3, 0.4) is 0 Å². The molecule has 2 N–H and O–H groups in total. The fourth-order valence-electron chi connectivity index (χ4n) is 2.69. The molecule has 0 radical (unpaired) electrons. The first-order valence-electron chi connectivity index (χ1n) is 9.67. The van der Waals surface area contributed by atoms with Crippen LogP contribution in [-0.4, -0.2) is 37.8 Å². The average Bonchev–Trinajstić information content (AvgIpc) is 2.76. The molecule has 1 unspecified atom stereocenters. The Labute approximate surface area is 180 Å². The summed E-state index contributed by atoms with van der Waals surface area (Å²) in [5.41, 5.74) is 3.29. The molecular weight excluding hydrogens is 401 g/mol. The normalized spacial score (nSPS) is 11.8. The van der Waals surface area contributed by atoms with E-state index in [0.29, 0.717) is 17.1 Å². The number of halogens is 1. The number of methoxy groups -OCH3 is 1. The van der Waals surface area contributed by atoms with Crippen molar-refractivity contribution in [3.8, 4) is 11.5 Å². The average molecular weight is 427 g/mol. The minimum Gasteiger partial charge on any atom is -0.493 e. The zero-order chi connectivity index (χ0) is 22.8. The maximum Gasteiger partial charge on any atom is 0.262 e. The monoisotopic (exact) mass is 427 g/mol. The SMILES string of the molecule is C=CCOc1c(C=NNC(=O)C(NC(=O)c2ccc(F)cc2)C(C)C)cccc1OC. The molecular formula is C23H26FN3O4. The molecule has 0 aliphatic heterocycles. The summed E-state index contributed by atoms with van der Waals surface area (Å²) in [6.07, 6.45) is 3.03. The van der Waals surface area contributed by atoms with Crippen LogP contribution >= 0.6 is 0 Å². The largest absolute Gasteiger partial charge is 0.493 e. The molecule has 2 amide bonds. The lowest BCUT2D eigenvalue weighted by Crippen LogP contribution is -2.48. The molecule has 0 fully saturated rings. The summed E-state index contributed by atoms with van der Waals surface area (Å²) in [6, 6.07) is 9.51. The van der Waals surface area contributed by atoms with Crippen molar-refractivity contribution in [1.82, 2.24) is 10.7 Å². The molecule has 0 bridgehead atoms. The summed E-state index contributed by atoms with van der Waals surface area (Å²) in [6.45, 7) is 7.49. The second-order valence-corrected chi connectivity index (χ2v) is 6.91. The van der Waals surface area contributed by atoms with E-state index in [0.717, 1.165) is 0 Å². The molecule has 7 nitrogen and oxygen atoms in total. The first-order chi connectivity index (χ1) is 14.9. The minimum atomic E-state index is -0.837. The number of rotatable bonds is 10. The molecule has 0 heterocycles. The lowest BCUT2D eigenvalue weighted by atomic mass is 10.0. The summed E-state index contributed by atoms with van der Waals surface area (Å²) in [5, 5.41) is 6.65. The van der Waals surface area contributed by atoms with Gasteiger partial charge in [0.15, 0.2) is 11.5 Å². The second kappa shape index (κ2) is 11.5. The molecule has 0 saturated heterocycles. The molecule has 2 aromatic rings. The number of hydrogen-bond donors (Lipinski definition) is 2. The molecule has 0 aliphatic rings. The van der Waals surface area contributed by atoms with Crippen molar-refractivity contribution in [3.05, 3.63) is 72.1 Å². The standard InChI is InChI=1S/C23H26FN3O4/c1-5-13-31-21-17(7-6-8-19(21)30-4)14-25-27-23(29)20(15(2)3)26-22(28)16-9-11-18(24)12-10-16/h5-12,14-15,20H,1,13H2,2-4H3,(H,26,28)(H,27,29). The van der Waals surface area contributed by atoms with E-state index in [9.17, 15) is 14.0 Å². The second-order valence-electron chi connectivity index (χ2n) is 6.91. The highest BCUT2D eigenvalue weighted by molar-refractivity contribution is 5.97. The quantitative estimate of drug-likeness (QED) is 0.346. The molecule has 0 aromatic heterocycles. The number of hydrazone groups is 1. The van der Waals surface area contributed by atoms with Crippen LogP contribution in [0.15, 0.2) is 60.2 Å². The fourth-order valence-corrected chi connectivity index (χ4v) is 2.69. The maximum atomic E-state index is 13.1. The van der Waals surface area contributed by atoms with Gasteiger partial charge in [0.25, 0.3) is 11.8 Å². The van der Waals surface area contributed by atoms with Crippen LogP contribution in [0, 0.1) is 11.7 Å². The molecule has 0 aliphatic carbocycles. The zero-order valence-corrected chi connectivity index (χ0v) is 17.7. The molecule has 0 spiro atoms. The number of carbonyl (C=O) groups excluding carboxylic acids is 2. The van der Waals surface area contributed by atoms with Gasteiger partial charge in [-0.3, -0.25) is 9.59 Å². The van der Waals surface area contributed by atoms with E-state index < -0.39 is 23.7 Å². The summed E-state index contributed by atoms with van der Waals surface area (Å²) in [4.78, 5) is 25.0.